The van der Waals surface area contributed by atoms with Crippen molar-refractivity contribution in [2.24, 2.45) is 0 Å². The van der Waals surface area contributed by atoms with Crippen molar-refractivity contribution in [1.82, 2.24) is 19.3 Å². The summed E-state index contributed by atoms with van der Waals surface area (Å²) in [6.07, 6.45) is 3.32. The van der Waals surface area contributed by atoms with Gasteiger partial charge in [0.15, 0.2) is 0 Å². The van der Waals surface area contributed by atoms with Gasteiger partial charge in [-0.05, 0) is 42.3 Å². The molecule has 1 aromatic carbocycles. The Labute approximate surface area is 177 Å². The molecule has 0 aliphatic carbocycles. The highest BCUT2D eigenvalue weighted by atomic mass is 16.3. The van der Waals surface area contributed by atoms with Crippen LogP contribution in [0.5, 0.6) is 0 Å². The predicted octanol–water partition coefficient (Wildman–Crippen LogP) is 3.53. The van der Waals surface area contributed by atoms with Gasteiger partial charge in [0.25, 0.3) is 11.5 Å². The van der Waals surface area contributed by atoms with Crippen molar-refractivity contribution in [2.45, 2.75) is 20.0 Å². The molecule has 7 nitrogen and oxygen atoms in total. The van der Waals surface area contributed by atoms with Gasteiger partial charge in [-0.2, -0.15) is 0 Å². The number of aryl methyl sites for hydroxylation is 1. The summed E-state index contributed by atoms with van der Waals surface area (Å²) in [6, 6.07) is 18.7. The zero-order valence-electron chi connectivity index (χ0n) is 16.9. The van der Waals surface area contributed by atoms with E-state index in [0.717, 1.165) is 11.1 Å². The first-order valence-corrected chi connectivity index (χ1v) is 9.97. The summed E-state index contributed by atoms with van der Waals surface area (Å²) in [6.45, 7) is 2.60. The molecule has 0 fully saturated rings. The Bertz CT molecular complexity index is 1450. The van der Waals surface area contributed by atoms with Gasteiger partial charge in [-0.25, -0.2) is 4.98 Å². The molecule has 0 saturated heterocycles. The average molecular weight is 412 g/mol. The third-order valence-corrected chi connectivity index (χ3v) is 5.23. The fourth-order valence-corrected chi connectivity index (χ4v) is 3.69. The number of rotatable bonds is 5. The highest BCUT2D eigenvalue weighted by Gasteiger charge is 2.20. The molecule has 4 heterocycles. The maximum absolute atomic E-state index is 13.2. The Hall–Kier alpha value is -4.13. The smallest absolute Gasteiger partial charge is 0.268 e. The molecule has 0 radical (unpaired) electrons. The Kier molecular flexibility index (Phi) is 4.63. The Balaban J connectivity index is 1.65. The van der Waals surface area contributed by atoms with E-state index in [2.05, 4.69) is 5.32 Å². The number of nitrogens with zero attached hydrogens (tertiary/aromatic N) is 3. The highest BCUT2D eigenvalue weighted by Crippen LogP contribution is 2.19. The molecule has 0 unspecified atom stereocenters. The first kappa shape index (κ1) is 18.9. The number of hydrogen-bond acceptors (Lipinski definition) is 4. The lowest BCUT2D eigenvalue weighted by Crippen LogP contribution is -2.25. The minimum absolute atomic E-state index is 0.199. The molecular weight excluding hydrogens is 392 g/mol. The van der Waals surface area contributed by atoms with E-state index < -0.39 is 0 Å². The molecule has 0 spiro atoms. The second-order valence-corrected chi connectivity index (χ2v) is 7.45. The van der Waals surface area contributed by atoms with E-state index in [9.17, 15) is 9.59 Å². The molecule has 154 valence electrons. The summed E-state index contributed by atoms with van der Waals surface area (Å²) in [7, 11) is 0. The predicted molar refractivity (Wildman–Crippen MR) is 117 cm³/mol. The van der Waals surface area contributed by atoms with E-state index in [0.29, 0.717) is 34.7 Å². The number of furan rings is 1. The summed E-state index contributed by atoms with van der Waals surface area (Å²) in [5.41, 5.74) is 3.17. The van der Waals surface area contributed by atoms with Crippen molar-refractivity contribution < 1.29 is 9.21 Å². The third-order valence-electron chi connectivity index (χ3n) is 5.23. The SMILES string of the molecule is Cc1ccc2nc3c(cc(C(=O)NCc4ccco4)n3Cc3ccccc3)c(=O)n2c1. The lowest BCUT2D eigenvalue weighted by Gasteiger charge is -2.11. The molecule has 5 aromatic rings. The van der Waals surface area contributed by atoms with Crippen LogP contribution in [0.4, 0.5) is 0 Å². The van der Waals surface area contributed by atoms with Crippen LogP contribution in [-0.2, 0) is 13.1 Å². The lowest BCUT2D eigenvalue weighted by atomic mass is 10.2. The van der Waals surface area contributed by atoms with Crippen molar-refractivity contribution >= 4 is 22.6 Å². The van der Waals surface area contributed by atoms with E-state index in [-0.39, 0.29) is 18.0 Å². The first-order valence-electron chi connectivity index (χ1n) is 9.97. The number of fused-ring (bicyclic) bond motifs is 2. The molecule has 4 aromatic heterocycles. The van der Waals surface area contributed by atoms with Gasteiger partial charge < -0.3 is 14.3 Å². The molecular formula is C24H20N4O3. The zero-order valence-corrected chi connectivity index (χ0v) is 16.9. The summed E-state index contributed by atoms with van der Waals surface area (Å²) in [4.78, 5) is 31.0. The summed E-state index contributed by atoms with van der Waals surface area (Å²) in [5, 5.41) is 3.27. The Morgan fingerprint density at radius 1 is 1.10 bits per heavy atom. The topological polar surface area (TPSA) is 81.5 Å². The lowest BCUT2D eigenvalue weighted by molar-refractivity contribution is 0.0939. The molecule has 0 aliphatic rings. The largest absolute Gasteiger partial charge is 0.467 e. The van der Waals surface area contributed by atoms with Gasteiger partial charge in [0.1, 0.15) is 22.7 Å². The van der Waals surface area contributed by atoms with Crippen LogP contribution < -0.4 is 10.9 Å². The number of amides is 1. The van der Waals surface area contributed by atoms with Crippen LogP contribution in [-0.4, -0.2) is 19.9 Å². The van der Waals surface area contributed by atoms with Gasteiger partial charge in [-0.15, -0.1) is 0 Å². The van der Waals surface area contributed by atoms with Gasteiger partial charge in [0.2, 0.25) is 0 Å². The third kappa shape index (κ3) is 3.50. The van der Waals surface area contributed by atoms with Gasteiger partial charge >= 0.3 is 0 Å². The molecule has 1 amide bonds. The van der Waals surface area contributed by atoms with Crippen molar-refractivity contribution in [3.63, 3.8) is 0 Å². The minimum Gasteiger partial charge on any atom is -0.467 e. The Morgan fingerprint density at radius 3 is 2.71 bits per heavy atom. The van der Waals surface area contributed by atoms with Crippen LogP contribution >= 0.6 is 0 Å². The fraction of sp³-hybridized carbons (Fsp3) is 0.125. The maximum Gasteiger partial charge on any atom is 0.268 e. The monoisotopic (exact) mass is 412 g/mol. The van der Waals surface area contributed by atoms with Crippen LogP contribution in [0.2, 0.25) is 0 Å². The van der Waals surface area contributed by atoms with Gasteiger partial charge in [-0.1, -0.05) is 36.4 Å². The van der Waals surface area contributed by atoms with Gasteiger partial charge in [-0.3, -0.25) is 14.0 Å². The molecule has 31 heavy (non-hydrogen) atoms. The van der Waals surface area contributed by atoms with E-state index in [1.807, 2.05) is 49.4 Å². The van der Waals surface area contributed by atoms with E-state index in [4.69, 9.17) is 9.40 Å². The average Bonchev–Trinajstić information content (AvgIpc) is 3.42. The molecule has 1 N–H and O–H groups in total. The second-order valence-electron chi connectivity index (χ2n) is 7.45. The summed E-state index contributed by atoms with van der Waals surface area (Å²) < 4.78 is 8.62. The number of pyridine rings is 1. The van der Waals surface area contributed by atoms with Crippen molar-refractivity contribution in [1.29, 1.82) is 0 Å². The normalized spacial score (nSPS) is 11.3. The number of aromatic nitrogens is 3. The van der Waals surface area contributed by atoms with E-state index >= 15 is 0 Å². The molecule has 0 saturated carbocycles. The van der Waals surface area contributed by atoms with E-state index in [1.165, 1.54) is 4.40 Å². The van der Waals surface area contributed by atoms with Crippen LogP contribution in [0.25, 0.3) is 16.7 Å². The molecule has 0 atom stereocenters. The fourth-order valence-electron chi connectivity index (χ4n) is 3.69. The molecule has 7 heteroatoms. The summed E-state index contributed by atoms with van der Waals surface area (Å²) in [5.74, 6) is 0.355. The van der Waals surface area contributed by atoms with Gasteiger partial charge in [0, 0.05) is 12.7 Å². The highest BCUT2D eigenvalue weighted by molar-refractivity contribution is 5.98. The molecule has 0 bridgehead atoms. The van der Waals surface area contributed by atoms with Gasteiger partial charge in [0.05, 0.1) is 18.2 Å². The molecule has 5 rings (SSSR count). The van der Waals surface area contributed by atoms with Crippen molar-refractivity contribution in [2.75, 3.05) is 0 Å². The van der Waals surface area contributed by atoms with Crippen LogP contribution in [0.15, 0.2) is 82.3 Å². The van der Waals surface area contributed by atoms with Crippen LogP contribution in [0.1, 0.15) is 27.4 Å². The van der Waals surface area contributed by atoms with Crippen LogP contribution in [0.3, 0.4) is 0 Å². The first-order chi connectivity index (χ1) is 15.1. The number of nitrogens with one attached hydrogen (secondary N) is 1. The quantitative estimate of drug-likeness (QED) is 0.479. The molecule has 0 aliphatic heterocycles. The number of carbonyl (C=O) groups excluding carboxylic acids is 1. The minimum atomic E-state index is -0.296. The summed E-state index contributed by atoms with van der Waals surface area (Å²) >= 11 is 0. The number of benzene rings is 1. The van der Waals surface area contributed by atoms with E-state index in [1.54, 1.807) is 35.2 Å². The maximum atomic E-state index is 13.2. The zero-order chi connectivity index (χ0) is 21.4. The standard InChI is InChI=1S/C24H20N4O3/c1-16-9-10-21-26-22-19(24(30)28(21)14-16)12-20(23(29)25-13-18-8-5-11-31-18)27(22)15-17-6-3-2-4-7-17/h2-12,14H,13,15H2,1H3,(H,25,29). The van der Waals surface area contributed by atoms with Crippen molar-refractivity contribution in [3.05, 3.63) is 106 Å². The number of carbonyl (C=O) groups is 1. The Morgan fingerprint density at radius 2 is 1.94 bits per heavy atom. The second kappa shape index (κ2) is 7.60. The number of hydrogen-bond donors (Lipinski definition) is 1. The van der Waals surface area contributed by atoms with Crippen molar-refractivity contribution in [3.8, 4) is 0 Å². The van der Waals surface area contributed by atoms with Crippen LogP contribution in [0, 0.1) is 6.92 Å².